The number of carboxylic acid groups (broad SMARTS) is 1. The number of rotatable bonds is 2. The Morgan fingerprint density at radius 3 is 2.95 bits per heavy atom. The fourth-order valence-corrected chi connectivity index (χ4v) is 2.82. The van der Waals surface area contributed by atoms with Crippen LogP contribution >= 0.6 is 11.6 Å². The zero-order valence-electron chi connectivity index (χ0n) is 11.9. The predicted octanol–water partition coefficient (Wildman–Crippen LogP) is 2.31. The molecule has 116 valence electrons. The molecule has 22 heavy (non-hydrogen) atoms. The van der Waals surface area contributed by atoms with E-state index in [2.05, 4.69) is 20.6 Å². The third kappa shape index (κ3) is 2.40. The van der Waals surface area contributed by atoms with E-state index < -0.39 is 17.9 Å². The van der Waals surface area contributed by atoms with Crippen LogP contribution < -0.4 is 0 Å². The number of nitrogens with one attached hydrogen (secondary N) is 1. The molecule has 1 aromatic carbocycles. The molecule has 0 aliphatic carbocycles. The number of H-pyrrole nitrogens is 1. The highest BCUT2D eigenvalue weighted by Gasteiger charge is 2.44. The summed E-state index contributed by atoms with van der Waals surface area (Å²) in [7, 11) is 0. The van der Waals surface area contributed by atoms with Crippen molar-refractivity contribution in [2.24, 2.45) is 0 Å². The topological polar surface area (TPSA) is 104 Å². The van der Waals surface area contributed by atoms with E-state index in [0.29, 0.717) is 16.4 Å². The van der Waals surface area contributed by atoms with Crippen LogP contribution in [0.4, 0.5) is 4.79 Å². The highest BCUT2D eigenvalue weighted by molar-refractivity contribution is 6.33. The highest BCUT2D eigenvalue weighted by atomic mass is 35.5. The summed E-state index contributed by atoms with van der Waals surface area (Å²) in [5.74, 6) is 0.423. The first-order valence-corrected chi connectivity index (χ1v) is 6.98. The first kappa shape index (κ1) is 14.7. The van der Waals surface area contributed by atoms with Gasteiger partial charge in [0.1, 0.15) is 5.72 Å². The van der Waals surface area contributed by atoms with Gasteiger partial charge < -0.3 is 9.84 Å². The van der Waals surface area contributed by atoms with Crippen LogP contribution in [0.25, 0.3) is 11.4 Å². The fraction of sp³-hybridized carbons (Fsp3) is 0.385. The maximum Gasteiger partial charge on any atom is 0.410 e. The highest BCUT2D eigenvalue weighted by Crippen LogP contribution is 2.38. The third-order valence-electron chi connectivity index (χ3n) is 3.67. The summed E-state index contributed by atoms with van der Waals surface area (Å²) in [6, 6.07) is 4.83. The van der Waals surface area contributed by atoms with Crippen LogP contribution in [0.15, 0.2) is 18.2 Å². The minimum atomic E-state index is -1.04. The number of hydrogen-bond donors (Lipinski definition) is 2. The number of aromatic amines is 1. The number of tetrazole rings is 1. The van der Waals surface area contributed by atoms with Crippen LogP contribution in [-0.2, 0) is 4.74 Å². The Morgan fingerprint density at radius 2 is 2.32 bits per heavy atom. The Bertz CT molecular complexity index is 704. The molecule has 9 heteroatoms. The van der Waals surface area contributed by atoms with E-state index in [1.165, 1.54) is 4.90 Å². The van der Waals surface area contributed by atoms with Gasteiger partial charge in [-0.1, -0.05) is 17.7 Å². The molecule has 1 aliphatic heterocycles. The molecule has 2 aromatic rings. The first-order valence-electron chi connectivity index (χ1n) is 6.60. The lowest BCUT2D eigenvalue weighted by Crippen LogP contribution is -2.44. The van der Waals surface area contributed by atoms with Gasteiger partial charge in [0.05, 0.1) is 17.7 Å². The van der Waals surface area contributed by atoms with Crippen molar-refractivity contribution < 1.29 is 14.6 Å². The van der Waals surface area contributed by atoms with Crippen molar-refractivity contribution in [3.63, 3.8) is 0 Å². The van der Waals surface area contributed by atoms with Gasteiger partial charge in [-0.3, -0.25) is 4.90 Å². The van der Waals surface area contributed by atoms with Crippen molar-refractivity contribution in [1.82, 2.24) is 25.5 Å². The average Bonchev–Trinajstić information content (AvgIpc) is 3.06. The minimum Gasteiger partial charge on any atom is -0.465 e. The summed E-state index contributed by atoms with van der Waals surface area (Å²) in [4.78, 5) is 12.9. The molecule has 0 saturated carbocycles. The molecule has 0 bridgehead atoms. The maximum absolute atomic E-state index is 11.6. The van der Waals surface area contributed by atoms with Gasteiger partial charge in [-0.05, 0) is 42.0 Å². The lowest BCUT2D eigenvalue weighted by molar-refractivity contribution is -0.0420. The van der Waals surface area contributed by atoms with Gasteiger partial charge in [0.2, 0.25) is 0 Å². The molecule has 0 unspecified atom stereocenters. The van der Waals surface area contributed by atoms with E-state index in [1.807, 2.05) is 0 Å². The average molecular weight is 324 g/mol. The largest absolute Gasteiger partial charge is 0.465 e. The molecule has 0 spiro atoms. The standard InChI is InChI=1S/C13H14ClN5O3/c1-13(2)19(12(20)21)10(6-22-13)7-3-4-9(14)8(5-7)11-15-17-18-16-11/h3-5,10H,6H2,1-2H3,(H,20,21)(H,15,16,17,18)/t10-/m1/s1. The molecular weight excluding hydrogens is 310 g/mol. The summed E-state index contributed by atoms with van der Waals surface area (Å²) in [6.07, 6.45) is -1.04. The van der Waals surface area contributed by atoms with Gasteiger partial charge in [0.25, 0.3) is 0 Å². The number of ether oxygens (including phenoxy) is 1. The SMILES string of the molecule is CC1(C)OC[C@H](c2ccc(Cl)c(-c3nnn[nH]3)c2)N1C(=O)O. The van der Waals surface area contributed by atoms with Crippen LogP contribution in [0.5, 0.6) is 0 Å². The summed E-state index contributed by atoms with van der Waals surface area (Å²) in [6.45, 7) is 3.71. The number of benzene rings is 1. The summed E-state index contributed by atoms with van der Waals surface area (Å²) < 4.78 is 5.61. The van der Waals surface area contributed by atoms with E-state index in [-0.39, 0.29) is 6.61 Å². The smallest absolute Gasteiger partial charge is 0.410 e. The second kappa shape index (κ2) is 5.22. The second-order valence-corrected chi connectivity index (χ2v) is 5.82. The minimum absolute atomic E-state index is 0.273. The van der Waals surface area contributed by atoms with Gasteiger partial charge in [0.15, 0.2) is 5.82 Å². The van der Waals surface area contributed by atoms with E-state index in [1.54, 1.807) is 32.0 Å². The van der Waals surface area contributed by atoms with Crippen LogP contribution in [-0.4, -0.2) is 49.1 Å². The van der Waals surface area contributed by atoms with Crippen molar-refractivity contribution in [1.29, 1.82) is 0 Å². The van der Waals surface area contributed by atoms with Crippen molar-refractivity contribution in [2.75, 3.05) is 6.61 Å². The molecule has 8 nitrogen and oxygen atoms in total. The van der Waals surface area contributed by atoms with Crippen molar-refractivity contribution in [2.45, 2.75) is 25.6 Å². The molecule has 1 fully saturated rings. The van der Waals surface area contributed by atoms with Gasteiger partial charge in [-0.25, -0.2) is 9.89 Å². The Hall–Kier alpha value is -2.19. The van der Waals surface area contributed by atoms with Gasteiger partial charge in [0, 0.05) is 5.56 Å². The van der Waals surface area contributed by atoms with Crippen molar-refractivity contribution in [3.8, 4) is 11.4 Å². The third-order valence-corrected chi connectivity index (χ3v) is 4.00. The van der Waals surface area contributed by atoms with Gasteiger partial charge in [-0.2, -0.15) is 0 Å². The van der Waals surface area contributed by atoms with Crippen LogP contribution in [0.2, 0.25) is 5.02 Å². The Balaban J connectivity index is 2.02. The quantitative estimate of drug-likeness (QED) is 0.878. The number of hydrogen-bond acceptors (Lipinski definition) is 5. The first-order chi connectivity index (χ1) is 10.4. The summed E-state index contributed by atoms with van der Waals surface area (Å²) >= 11 is 6.17. The zero-order chi connectivity index (χ0) is 15.9. The van der Waals surface area contributed by atoms with E-state index in [9.17, 15) is 9.90 Å². The number of halogens is 1. The normalized spacial score (nSPS) is 20.3. The Kier molecular flexibility index (Phi) is 3.50. The molecule has 2 N–H and O–H groups in total. The number of amides is 1. The maximum atomic E-state index is 11.6. The Labute approximate surface area is 131 Å². The number of aromatic nitrogens is 4. The summed E-state index contributed by atoms with van der Waals surface area (Å²) in [5, 5.41) is 23.5. The molecule has 1 amide bonds. The lowest BCUT2D eigenvalue weighted by Gasteiger charge is -2.31. The molecule has 1 aromatic heterocycles. The van der Waals surface area contributed by atoms with Crippen LogP contribution in [0, 0.1) is 0 Å². The van der Waals surface area contributed by atoms with Crippen molar-refractivity contribution >= 4 is 17.7 Å². The second-order valence-electron chi connectivity index (χ2n) is 5.42. The van der Waals surface area contributed by atoms with Gasteiger partial charge >= 0.3 is 6.09 Å². The number of carbonyl (C=O) groups is 1. The fourth-order valence-electron chi connectivity index (χ4n) is 2.62. The Morgan fingerprint density at radius 1 is 1.55 bits per heavy atom. The number of nitrogens with zero attached hydrogens (tertiary/aromatic N) is 4. The molecule has 2 heterocycles. The van der Waals surface area contributed by atoms with E-state index >= 15 is 0 Å². The predicted molar refractivity (Wildman–Crippen MR) is 77.3 cm³/mol. The van der Waals surface area contributed by atoms with Gasteiger partial charge in [-0.15, -0.1) is 5.10 Å². The zero-order valence-corrected chi connectivity index (χ0v) is 12.7. The monoisotopic (exact) mass is 323 g/mol. The lowest BCUT2D eigenvalue weighted by atomic mass is 10.0. The molecule has 0 radical (unpaired) electrons. The van der Waals surface area contributed by atoms with Crippen molar-refractivity contribution in [3.05, 3.63) is 28.8 Å². The molecule has 1 aliphatic rings. The molecule has 3 rings (SSSR count). The van der Waals surface area contributed by atoms with E-state index in [0.717, 1.165) is 5.56 Å². The molecule has 1 atom stereocenters. The van der Waals surface area contributed by atoms with E-state index in [4.69, 9.17) is 16.3 Å². The van der Waals surface area contributed by atoms with Crippen LogP contribution in [0.3, 0.4) is 0 Å². The summed E-state index contributed by atoms with van der Waals surface area (Å²) in [5.41, 5.74) is 0.493. The molecular formula is C13H14ClN5O3. The molecule has 1 saturated heterocycles. The van der Waals surface area contributed by atoms with Crippen LogP contribution in [0.1, 0.15) is 25.5 Å².